The zero-order chi connectivity index (χ0) is 16.7. The summed E-state index contributed by atoms with van der Waals surface area (Å²) in [7, 11) is 0. The Hall–Kier alpha value is -1.10. The summed E-state index contributed by atoms with van der Waals surface area (Å²) in [5, 5.41) is 8.62. The Balaban J connectivity index is 2.43. The van der Waals surface area contributed by atoms with E-state index < -0.39 is 5.97 Å². The number of hydrogen-bond acceptors (Lipinski definition) is 4. The highest BCUT2D eigenvalue weighted by Gasteiger charge is 2.38. The number of carboxylic acids is 1. The summed E-state index contributed by atoms with van der Waals surface area (Å²) in [5.41, 5.74) is 0. The molecule has 5 heteroatoms. The first-order valence-electron chi connectivity index (χ1n) is 8.29. The molecule has 1 aliphatic carbocycles. The van der Waals surface area contributed by atoms with Gasteiger partial charge in [0.15, 0.2) is 0 Å². The highest BCUT2D eigenvalue weighted by Crippen LogP contribution is 2.40. The lowest BCUT2D eigenvalue weighted by Crippen LogP contribution is -2.42. The summed E-state index contributed by atoms with van der Waals surface area (Å²) in [6.07, 6.45) is 2.69. The van der Waals surface area contributed by atoms with Crippen LogP contribution in [0.5, 0.6) is 0 Å². The number of esters is 1. The van der Waals surface area contributed by atoms with Crippen molar-refractivity contribution in [3.8, 4) is 0 Å². The van der Waals surface area contributed by atoms with Crippen molar-refractivity contribution < 1.29 is 24.2 Å². The number of rotatable bonds is 8. The van der Waals surface area contributed by atoms with Crippen molar-refractivity contribution in [1.29, 1.82) is 0 Å². The van der Waals surface area contributed by atoms with E-state index in [0.717, 1.165) is 12.8 Å². The molecule has 0 aliphatic heterocycles. The van der Waals surface area contributed by atoms with Gasteiger partial charge in [-0.25, -0.2) is 0 Å². The van der Waals surface area contributed by atoms with Crippen LogP contribution in [0.3, 0.4) is 0 Å². The molecule has 0 aromatic carbocycles. The van der Waals surface area contributed by atoms with Crippen molar-refractivity contribution in [2.45, 2.75) is 59.5 Å². The maximum absolute atomic E-state index is 11.0. The third-order valence-corrected chi connectivity index (χ3v) is 5.14. The molecule has 1 rings (SSSR count). The van der Waals surface area contributed by atoms with Gasteiger partial charge >= 0.3 is 11.9 Å². The van der Waals surface area contributed by atoms with Crippen molar-refractivity contribution >= 4 is 11.9 Å². The fraction of sp³-hybridized carbons (Fsp3) is 0.882. The van der Waals surface area contributed by atoms with E-state index in [1.165, 1.54) is 6.92 Å². The average Bonchev–Trinajstić information content (AvgIpc) is 2.45. The SMILES string of the molecule is CC(=O)OCC1CC(OCCCCC(=O)O)C(C)C(C)C1C. The van der Waals surface area contributed by atoms with Crippen LogP contribution in [-0.4, -0.2) is 36.4 Å². The third kappa shape index (κ3) is 5.95. The van der Waals surface area contributed by atoms with E-state index in [2.05, 4.69) is 20.8 Å². The van der Waals surface area contributed by atoms with Crippen molar-refractivity contribution in [1.82, 2.24) is 0 Å². The molecule has 22 heavy (non-hydrogen) atoms. The van der Waals surface area contributed by atoms with Gasteiger partial charge in [-0.1, -0.05) is 20.8 Å². The Bertz CT molecular complexity index is 368. The van der Waals surface area contributed by atoms with E-state index in [-0.39, 0.29) is 18.5 Å². The van der Waals surface area contributed by atoms with E-state index in [4.69, 9.17) is 14.6 Å². The van der Waals surface area contributed by atoms with Gasteiger partial charge in [0.2, 0.25) is 0 Å². The summed E-state index contributed by atoms with van der Waals surface area (Å²) in [6.45, 7) is 9.17. The third-order valence-electron chi connectivity index (χ3n) is 5.14. The molecule has 0 spiro atoms. The minimum absolute atomic E-state index is 0.164. The Kier molecular flexibility index (Phi) is 7.87. The van der Waals surface area contributed by atoms with Crippen molar-refractivity contribution in [2.75, 3.05) is 13.2 Å². The Morgan fingerprint density at radius 3 is 2.36 bits per heavy atom. The van der Waals surface area contributed by atoms with Gasteiger partial charge in [0, 0.05) is 20.0 Å². The number of carbonyl (C=O) groups is 2. The molecule has 1 N–H and O–H groups in total. The predicted molar refractivity (Wildman–Crippen MR) is 83.5 cm³/mol. The molecular weight excluding hydrogens is 284 g/mol. The quantitative estimate of drug-likeness (QED) is 0.550. The van der Waals surface area contributed by atoms with Crippen LogP contribution in [0.1, 0.15) is 53.4 Å². The van der Waals surface area contributed by atoms with Gasteiger partial charge in [-0.15, -0.1) is 0 Å². The normalized spacial score (nSPS) is 31.7. The second-order valence-electron chi connectivity index (χ2n) is 6.64. The van der Waals surface area contributed by atoms with Gasteiger partial charge in [0.1, 0.15) is 0 Å². The monoisotopic (exact) mass is 314 g/mol. The lowest BCUT2D eigenvalue weighted by Gasteiger charge is -2.43. The molecule has 1 saturated carbocycles. The fourth-order valence-electron chi connectivity index (χ4n) is 3.25. The largest absolute Gasteiger partial charge is 0.481 e. The number of hydrogen-bond donors (Lipinski definition) is 1. The van der Waals surface area contributed by atoms with Gasteiger partial charge in [0.05, 0.1) is 12.7 Å². The first-order chi connectivity index (χ1) is 10.3. The molecule has 0 bridgehead atoms. The Morgan fingerprint density at radius 1 is 1.09 bits per heavy atom. The predicted octanol–water partition coefficient (Wildman–Crippen LogP) is 3.12. The zero-order valence-corrected chi connectivity index (χ0v) is 14.2. The first-order valence-corrected chi connectivity index (χ1v) is 8.29. The van der Waals surface area contributed by atoms with Gasteiger partial charge in [-0.3, -0.25) is 9.59 Å². The number of ether oxygens (including phenoxy) is 2. The maximum Gasteiger partial charge on any atom is 0.303 e. The van der Waals surface area contributed by atoms with Crippen LogP contribution in [0.15, 0.2) is 0 Å². The van der Waals surface area contributed by atoms with Crippen LogP contribution < -0.4 is 0 Å². The molecule has 128 valence electrons. The molecule has 0 aromatic rings. The van der Waals surface area contributed by atoms with E-state index in [0.29, 0.717) is 43.3 Å². The standard InChI is InChI=1S/C17H30O5/c1-11-12(2)15(10-22-14(4)18)9-16(13(11)3)21-8-6-5-7-17(19)20/h11-13,15-16H,5-10H2,1-4H3,(H,19,20). The number of carboxylic acid groups (broad SMARTS) is 1. The zero-order valence-electron chi connectivity index (χ0n) is 14.2. The number of aliphatic carboxylic acids is 1. The molecule has 0 heterocycles. The Labute approximate surface area is 133 Å². The topological polar surface area (TPSA) is 72.8 Å². The fourth-order valence-corrected chi connectivity index (χ4v) is 3.25. The van der Waals surface area contributed by atoms with E-state index in [1.807, 2.05) is 0 Å². The van der Waals surface area contributed by atoms with Crippen LogP contribution in [0.25, 0.3) is 0 Å². The molecule has 0 radical (unpaired) electrons. The number of unbranched alkanes of at least 4 members (excludes halogenated alkanes) is 1. The first kappa shape index (κ1) is 18.9. The maximum atomic E-state index is 11.0. The van der Waals surface area contributed by atoms with E-state index >= 15 is 0 Å². The highest BCUT2D eigenvalue weighted by atomic mass is 16.5. The summed E-state index contributed by atoms with van der Waals surface area (Å²) in [4.78, 5) is 21.5. The summed E-state index contributed by atoms with van der Waals surface area (Å²) in [6, 6.07) is 0. The van der Waals surface area contributed by atoms with Crippen molar-refractivity contribution in [3.63, 3.8) is 0 Å². The average molecular weight is 314 g/mol. The molecule has 1 aliphatic rings. The minimum Gasteiger partial charge on any atom is -0.481 e. The molecule has 5 unspecified atom stereocenters. The number of carbonyl (C=O) groups excluding carboxylic acids is 1. The smallest absolute Gasteiger partial charge is 0.303 e. The van der Waals surface area contributed by atoms with Crippen LogP contribution in [0.2, 0.25) is 0 Å². The van der Waals surface area contributed by atoms with Crippen LogP contribution >= 0.6 is 0 Å². The molecular formula is C17H30O5. The molecule has 5 atom stereocenters. The van der Waals surface area contributed by atoms with Crippen LogP contribution in [-0.2, 0) is 19.1 Å². The summed E-state index contributed by atoms with van der Waals surface area (Å²) >= 11 is 0. The van der Waals surface area contributed by atoms with E-state index in [9.17, 15) is 9.59 Å². The van der Waals surface area contributed by atoms with Gasteiger partial charge in [-0.2, -0.15) is 0 Å². The molecule has 0 aromatic heterocycles. The molecule has 5 nitrogen and oxygen atoms in total. The summed E-state index contributed by atoms with van der Waals surface area (Å²) in [5.74, 6) is 0.821. The minimum atomic E-state index is -0.755. The lowest BCUT2D eigenvalue weighted by atomic mass is 9.67. The van der Waals surface area contributed by atoms with Crippen LogP contribution in [0, 0.1) is 23.7 Å². The molecule has 0 saturated heterocycles. The second kappa shape index (κ2) is 9.13. The molecule has 0 amide bonds. The van der Waals surface area contributed by atoms with Gasteiger partial charge in [-0.05, 0) is 42.9 Å². The van der Waals surface area contributed by atoms with E-state index in [1.54, 1.807) is 0 Å². The van der Waals surface area contributed by atoms with Gasteiger partial charge < -0.3 is 14.6 Å². The van der Waals surface area contributed by atoms with Crippen molar-refractivity contribution in [2.24, 2.45) is 23.7 Å². The molecule has 1 fully saturated rings. The second-order valence-corrected chi connectivity index (χ2v) is 6.64. The summed E-state index contributed by atoms with van der Waals surface area (Å²) < 4.78 is 11.2. The Morgan fingerprint density at radius 2 is 1.77 bits per heavy atom. The lowest BCUT2D eigenvalue weighted by molar-refractivity contribution is -0.146. The highest BCUT2D eigenvalue weighted by molar-refractivity contribution is 5.66. The van der Waals surface area contributed by atoms with Crippen LogP contribution in [0.4, 0.5) is 0 Å². The van der Waals surface area contributed by atoms with Crippen molar-refractivity contribution in [3.05, 3.63) is 0 Å². The van der Waals surface area contributed by atoms with Gasteiger partial charge in [0.25, 0.3) is 0 Å².